The molecule has 1 heterocycles. The molecule has 0 aliphatic rings. The van der Waals surface area contributed by atoms with E-state index in [4.69, 9.17) is 9.72 Å². The molecule has 1 aromatic heterocycles. The van der Waals surface area contributed by atoms with Gasteiger partial charge in [-0.3, -0.25) is 4.90 Å². The van der Waals surface area contributed by atoms with Crippen LogP contribution in [0.5, 0.6) is 0 Å². The van der Waals surface area contributed by atoms with Crippen LogP contribution in [-0.4, -0.2) is 47.5 Å². The molecule has 0 amide bonds. The van der Waals surface area contributed by atoms with Crippen LogP contribution in [0.3, 0.4) is 0 Å². The average molecular weight is 302 g/mol. The standard InChI is InChI=1S/C17H26N4O/c1-6-21-17(18-15(19-21)10-11-22-5)16(20(3)4)14-9-7-8-13(2)12-14/h7-9,12,16H,6,10-11H2,1-5H3. The lowest BCUT2D eigenvalue weighted by Gasteiger charge is -2.24. The van der Waals surface area contributed by atoms with E-state index in [1.54, 1.807) is 7.11 Å². The van der Waals surface area contributed by atoms with Crippen LogP contribution in [0, 0.1) is 6.92 Å². The van der Waals surface area contributed by atoms with Crippen molar-refractivity contribution in [2.24, 2.45) is 0 Å². The number of aryl methyl sites for hydroxylation is 2. The fourth-order valence-electron chi connectivity index (χ4n) is 2.66. The van der Waals surface area contributed by atoms with Gasteiger partial charge in [0.25, 0.3) is 0 Å². The summed E-state index contributed by atoms with van der Waals surface area (Å²) < 4.78 is 7.14. The largest absolute Gasteiger partial charge is 0.384 e. The lowest BCUT2D eigenvalue weighted by atomic mass is 10.0. The number of nitrogens with zero attached hydrogens (tertiary/aromatic N) is 4. The van der Waals surface area contributed by atoms with Crippen molar-refractivity contribution in [2.45, 2.75) is 32.9 Å². The van der Waals surface area contributed by atoms with Gasteiger partial charge in [0.2, 0.25) is 0 Å². The molecule has 5 nitrogen and oxygen atoms in total. The van der Waals surface area contributed by atoms with Crippen LogP contribution in [0.4, 0.5) is 0 Å². The van der Waals surface area contributed by atoms with E-state index in [2.05, 4.69) is 62.2 Å². The smallest absolute Gasteiger partial charge is 0.153 e. The molecular weight excluding hydrogens is 276 g/mol. The third-order valence-corrected chi connectivity index (χ3v) is 3.69. The minimum Gasteiger partial charge on any atom is -0.384 e. The second-order valence-electron chi connectivity index (χ2n) is 5.73. The van der Waals surface area contributed by atoms with Crippen molar-refractivity contribution in [3.05, 3.63) is 47.0 Å². The van der Waals surface area contributed by atoms with Gasteiger partial charge in [0.05, 0.1) is 12.6 Å². The highest BCUT2D eigenvalue weighted by atomic mass is 16.5. The van der Waals surface area contributed by atoms with Gasteiger partial charge in [-0.25, -0.2) is 9.67 Å². The van der Waals surface area contributed by atoms with Crippen molar-refractivity contribution >= 4 is 0 Å². The zero-order chi connectivity index (χ0) is 16.1. The third-order valence-electron chi connectivity index (χ3n) is 3.69. The maximum absolute atomic E-state index is 5.14. The van der Waals surface area contributed by atoms with Gasteiger partial charge >= 0.3 is 0 Å². The first kappa shape index (κ1) is 16.6. The Morgan fingerprint density at radius 1 is 1.32 bits per heavy atom. The first-order valence-electron chi connectivity index (χ1n) is 7.72. The van der Waals surface area contributed by atoms with E-state index in [9.17, 15) is 0 Å². The number of ether oxygens (including phenoxy) is 1. The first-order valence-corrected chi connectivity index (χ1v) is 7.72. The highest BCUT2D eigenvalue weighted by Crippen LogP contribution is 2.26. The fraction of sp³-hybridized carbons (Fsp3) is 0.529. The molecule has 1 unspecified atom stereocenters. The van der Waals surface area contributed by atoms with Crippen LogP contribution in [0.2, 0.25) is 0 Å². The Morgan fingerprint density at radius 3 is 2.68 bits per heavy atom. The molecule has 0 aliphatic carbocycles. The molecule has 5 heteroatoms. The number of hydrogen-bond donors (Lipinski definition) is 0. The lowest BCUT2D eigenvalue weighted by Crippen LogP contribution is -2.25. The summed E-state index contributed by atoms with van der Waals surface area (Å²) >= 11 is 0. The summed E-state index contributed by atoms with van der Waals surface area (Å²) in [5, 5.41) is 4.62. The Balaban J connectivity index is 2.42. The highest BCUT2D eigenvalue weighted by molar-refractivity contribution is 5.29. The summed E-state index contributed by atoms with van der Waals surface area (Å²) in [7, 11) is 5.86. The van der Waals surface area contributed by atoms with Crippen LogP contribution in [0.25, 0.3) is 0 Å². The molecule has 0 fully saturated rings. The van der Waals surface area contributed by atoms with Crippen LogP contribution < -0.4 is 0 Å². The van der Waals surface area contributed by atoms with Crippen molar-refractivity contribution in [2.75, 3.05) is 27.8 Å². The predicted molar refractivity (Wildman–Crippen MR) is 88.0 cm³/mol. The zero-order valence-electron chi connectivity index (χ0n) is 14.2. The minimum absolute atomic E-state index is 0.101. The molecule has 0 bridgehead atoms. The highest BCUT2D eigenvalue weighted by Gasteiger charge is 2.23. The van der Waals surface area contributed by atoms with Gasteiger partial charge in [-0.15, -0.1) is 0 Å². The van der Waals surface area contributed by atoms with E-state index in [-0.39, 0.29) is 6.04 Å². The molecular formula is C17H26N4O. The van der Waals surface area contributed by atoms with Crippen LogP contribution in [-0.2, 0) is 17.7 Å². The van der Waals surface area contributed by atoms with Crippen molar-refractivity contribution in [3.8, 4) is 0 Å². The van der Waals surface area contributed by atoms with Gasteiger partial charge in [-0.1, -0.05) is 29.8 Å². The molecule has 0 N–H and O–H groups in total. The number of methoxy groups -OCH3 is 1. The molecule has 0 spiro atoms. The molecule has 0 radical (unpaired) electrons. The van der Waals surface area contributed by atoms with E-state index in [0.717, 1.165) is 24.6 Å². The predicted octanol–water partition coefficient (Wildman–Crippen LogP) is 2.45. The fourth-order valence-corrected chi connectivity index (χ4v) is 2.66. The number of hydrogen-bond acceptors (Lipinski definition) is 4. The van der Waals surface area contributed by atoms with Crippen molar-refractivity contribution < 1.29 is 4.74 Å². The van der Waals surface area contributed by atoms with Gasteiger partial charge < -0.3 is 4.74 Å². The van der Waals surface area contributed by atoms with Crippen LogP contribution in [0.15, 0.2) is 24.3 Å². The van der Waals surface area contributed by atoms with E-state index in [1.165, 1.54) is 11.1 Å². The van der Waals surface area contributed by atoms with Gasteiger partial charge in [0.1, 0.15) is 5.82 Å². The van der Waals surface area contributed by atoms with E-state index < -0.39 is 0 Å². The normalized spacial score (nSPS) is 12.8. The van der Waals surface area contributed by atoms with Crippen LogP contribution in [0.1, 0.15) is 35.7 Å². The molecule has 0 saturated carbocycles. The van der Waals surface area contributed by atoms with E-state index in [0.29, 0.717) is 6.61 Å². The Bertz CT molecular complexity index is 606. The molecule has 120 valence electrons. The Morgan fingerprint density at radius 2 is 2.09 bits per heavy atom. The van der Waals surface area contributed by atoms with Crippen molar-refractivity contribution in [1.29, 1.82) is 0 Å². The van der Waals surface area contributed by atoms with E-state index in [1.807, 2.05) is 4.68 Å². The van der Waals surface area contributed by atoms with E-state index >= 15 is 0 Å². The molecule has 22 heavy (non-hydrogen) atoms. The van der Waals surface area contributed by atoms with Gasteiger partial charge in [-0.2, -0.15) is 5.10 Å². The first-order chi connectivity index (χ1) is 10.6. The SMILES string of the molecule is CCn1nc(CCOC)nc1C(c1cccc(C)c1)N(C)C. The average Bonchev–Trinajstić information content (AvgIpc) is 2.88. The summed E-state index contributed by atoms with van der Waals surface area (Å²) in [5.74, 6) is 1.84. The molecule has 2 rings (SSSR count). The molecule has 1 atom stereocenters. The molecule has 1 aromatic carbocycles. The summed E-state index contributed by atoms with van der Waals surface area (Å²) in [5.41, 5.74) is 2.50. The second kappa shape index (κ2) is 7.51. The summed E-state index contributed by atoms with van der Waals surface area (Å²) in [6.07, 6.45) is 0.741. The Kier molecular flexibility index (Phi) is 5.69. The zero-order valence-corrected chi connectivity index (χ0v) is 14.2. The number of benzene rings is 1. The summed E-state index contributed by atoms with van der Waals surface area (Å²) in [4.78, 5) is 6.96. The Hall–Kier alpha value is -1.72. The topological polar surface area (TPSA) is 43.2 Å². The number of aromatic nitrogens is 3. The lowest BCUT2D eigenvalue weighted by molar-refractivity contribution is 0.200. The number of rotatable bonds is 7. The maximum atomic E-state index is 5.14. The minimum atomic E-state index is 0.101. The summed E-state index contributed by atoms with van der Waals surface area (Å²) in [6.45, 7) is 5.67. The van der Waals surface area contributed by atoms with Gasteiger partial charge in [0.15, 0.2) is 5.82 Å². The van der Waals surface area contributed by atoms with Crippen molar-refractivity contribution in [3.63, 3.8) is 0 Å². The quantitative estimate of drug-likeness (QED) is 0.788. The Labute approximate surface area is 132 Å². The van der Waals surface area contributed by atoms with Crippen LogP contribution >= 0.6 is 0 Å². The third kappa shape index (κ3) is 3.72. The molecule has 0 aliphatic heterocycles. The van der Waals surface area contributed by atoms with Gasteiger partial charge in [-0.05, 0) is 33.5 Å². The maximum Gasteiger partial charge on any atom is 0.153 e. The molecule has 2 aromatic rings. The van der Waals surface area contributed by atoms with Crippen molar-refractivity contribution in [1.82, 2.24) is 19.7 Å². The summed E-state index contributed by atoms with van der Waals surface area (Å²) in [6, 6.07) is 8.68. The van der Waals surface area contributed by atoms with Gasteiger partial charge in [0, 0.05) is 20.1 Å². The molecule has 0 saturated heterocycles. The second-order valence-corrected chi connectivity index (χ2v) is 5.73. The monoisotopic (exact) mass is 302 g/mol.